The van der Waals surface area contributed by atoms with Crippen LogP contribution in [0.1, 0.15) is 12.5 Å². The molecule has 0 amide bonds. The Balaban J connectivity index is 2.00. The number of benzene rings is 1. The third kappa shape index (κ3) is 2.78. The van der Waals surface area contributed by atoms with Gasteiger partial charge in [0.2, 0.25) is 0 Å². The predicted molar refractivity (Wildman–Crippen MR) is 86.4 cm³/mol. The lowest BCUT2D eigenvalue weighted by Crippen LogP contribution is -2.21. The second-order valence-corrected chi connectivity index (χ2v) is 5.35. The molecule has 2 aromatic heterocycles. The van der Waals surface area contributed by atoms with Crippen molar-refractivity contribution in [2.24, 2.45) is 0 Å². The van der Waals surface area contributed by atoms with Crippen LogP contribution in [0.3, 0.4) is 0 Å². The lowest BCUT2D eigenvalue weighted by Gasteiger charge is -2.13. The molecule has 0 unspecified atom stereocenters. The van der Waals surface area contributed by atoms with Gasteiger partial charge in [0.15, 0.2) is 5.65 Å². The van der Waals surface area contributed by atoms with Crippen LogP contribution in [0, 0.1) is 6.92 Å². The van der Waals surface area contributed by atoms with Crippen LogP contribution in [0.25, 0.3) is 16.7 Å². The molecule has 0 bridgehead atoms. The molecule has 0 spiro atoms. The third-order valence-electron chi connectivity index (χ3n) is 3.44. The lowest BCUT2D eigenvalue weighted by atomic mass is 10.2. The Morgan fingerprint density at radius 2 is 2.00 bits per heavy atom. The highest BCUT2D eigenvalue weighted by Gasteiger charge is 2.12. The Morgan fingerprint density at radius 3 is 2.73 bits per heavy atom. The van der Waals surface area contributed by atoms with E-state index in [-0.39, 0.29) is 6.04 Å². The van der Waals surface area contributed by atoms with Gasteiger partial charge < -0.3 is 10.1 Å². The summed E-state index contributed by atoms with van der Waals surface area (Å²) in [5.74, 6) is 0.771. The van der Waals surface area contributed by atoms with Crippen LogP contribution in [0.15, 0.2) is 36.8 Å². The molecule has 3 aromatic rings. The number of nitrogens with zero attached hydrogens (tertiary/aromatic N) is 4. The first-order valence-electron chi connectivity index (χ1n) is 7.20. The molecule has 0 radical (unpaired) electrons. The number of ether oxygens (including phenoxy) is 1. The van der Waals surface area contributed by atoms with Crippen molar-refractivity contribution in [2.75, 3.05) is 19.0 Å². The number of nitrogens with one attached hydrogen (secondary N) is 1. The van der Waals surface area contributed by atoms with E-state index in [1.165, 1.54) is 5.56 Å². The second kappa shape index (κ2) is 6.11. The van der Waals surface area contributed by atoms with Gasteiger partial charge in [0.05, 0.1) is 23.9 Å². The average Bonchev–Trinajstić information content (AvgIpc) is 2.93. The Hall–Kier alpha value is -2.47. The van der Waals surface area contributed by atoms with E-state index in [1.807, 2.05) is 23.7 Å². The molecule has 0 saturated carbocycles. The second-order valence-electron chi connectivity index (χ2n) is 5.35. The fourth-order valence-electron chi connectivity index (χ4n) is 2.36. The molecule has 1 aromatic carbocycles. The van der Waals surface area contributed by atoms with Crippen molar-refractivity contribution in [3.63, 3.8) is 0 Å². The number of anilines is 1. The fourth-order valence-corrected chi connectivity index (χ4v) is 2.36. The summed E-state index contributed by atoms with van der Waals surface area (Å²) in [5, 5.41) is 8.68. The van der Waals surface area contributed by atoms with Crippen LogP contribution < -0.4 is 5.32 Å². The van der Waals surface area contributed by atoms with Gasteiger partial charge in [-0.2, -0.15) is 5.10 Å². The average molecular weight is 297 g/mol. The SMILES string of the molecule is COC[C@@H](C)Nc1ncnc2c1cnn2-c1ccc(C)cc1. The van der Waals surface area contributed by atoms with Gasteiger partial charge in [-0.25, -0.2) is 14.6 Å². The van der Waals surface area contributed by atoms with Crippen molar-refractivity contribution in [1.29, 1.82) is 0 Å². The molecule has 0 aliphatic carbocycles. The highest BCUT2D eigenvalue weighted by molar-refractivity contribution is 5.87. The maximum absolute atomic E-state index is 5.15. The zero-order valence-corrected chi connectivity index (χ0v) is 12.9. The predicted octanol–water partition coefficient (Wildman–Crippen LogP) is 2.57. The number of hydrogen-bond donors (Lipinski definition) is 1. The normalized spacial score (nSPS) is 12.5. The summed E-state index contributed by atoms with van der Waals surface area (Å²) in [6.07, 6.45) is 3.34. The van der Waals surface area contributed by atoms with Gasteiger partial charge in [-0.1, -0.05) is 17.7 Å². The summed E-state index contributed by atoms with van der Waals surface area (Å²) in [5.41, 5.74) is 2.98. The van der Waals surface area contributed by atoms with Crippen LogP contribution in [-0.2, 0) is 4.74 Å². The molecule has 6 heteroatoms. The van der Waals surface area contributed by atoms with Gasteiger partial charge in [-0.05, 0) is 26.0 Å². The quantitative estimate of drug-likeness (QED) is 0.784. The Kier molecular flexibility index (Phi) is 4.02. The maximum atomic E-state index is 5.15. The van der Waals surface area contributed by atoms with Crippen molar-refractivity contribution in [1.82, 2.24) is 19.7 Å². The first-order valence-corrected chi connectivity index (χ1v) is 7.20. The fraction of sp³-hybridized carbons (Fsp3) is 0.312. The van der Waals surface area contributed by atoms with Gasteiger partial charge in [0, 0.05) is 13.2 Å². The van der Waals surface area contributed by atoms with Crippen molar-refractivity contribution in [3.05, 3.63) is 42.4 Å². The molecule has 2 heterocycles. The topological polar surface area (TPSA) is 64.9 Å². The van der Waals surface area contributed by atoms with Gasteiger partial charge in [-0.3, -0.25) is 0 Å². The maximum Gasteiger partial charge on any atom is 0.168 e. The summed E-state index contributed by atoms with van der Waals surface area (Å²) in [7, 11) is 1.68. The highest BCUT2D eigenvalue weighted by Crippen LogP contribution is 2.22. The third-order valence-corrected chi connectivity index (χ3v) is 3.44. The number of methoxy groups -OCH3 is 1. The standard InChI is InChI=1S/C16H19N5O/c1-11-4-6-13(7-5-11)21-16-14(8-19-21)15(17-10-18-16)20-12(2)9-22-3/h4-8,10,12H,9H2,1-3H3,(H,17,18,20)/t12-/m1/s1. The summed E-state index contributed by atoms with van der Waals surface area (Å²) in [6, 6.07) is 8.34. The van der Waals surface area contributed by atoms with Gasteiger partial charge >= 0.3 is 0 Å². The van der Waals surface area contributed by atoms with E-state index in [0.29, 0.717) is 6.61 Å². The Labute approximate surface area is 129 Å². The monoisotopic (exact) mass is 297 g/mol. The van der Waals surface area contributed by atoms with E-state index >= 15 is 0 Å². The first kappa shape index (κ1) is 14.5. The van der Waals surface area contributed by atoms with Crippen LogP contribution in [0.5, 0.6) is 0 Å². The summed E-state index contributed by atoms with van der Waals surface area (Å²) >= 11 is 0. The van der Waals surface area contributed by atoms with Crippen LogP contribution in [0.2, 0.25) is 0 Å². The number of rotatable bonds is 5. The molecule has 1 N–H and O–H groups in total. The van der Waals surface area contributed by atoms with Crippen molar-refractivity contribution < 1.29 is 4.74 Å². The van der Waals surface area contributed by atoms with Gasteiger partial charge in [-0.15, -0.1) is 0 Å². The van der Waals surface area contributed by atoms with Crippen molar-refractivity contribution >= 4 is 16.9 Å². The zero-order valence-electron chi connectivity index (χ0n) is 12.9. The van der Waals surface area contributed by atoms with Crippen LogP contribution >= 0.6 is 0 Å². The summed E-state index contributed by atoms with van der Waals surface area (Å²) in [6.45, 7) is 4.71. The molecule has 0 saturated heterocycles. The van der Waals surface area contributed by atoms with Gasteiger partial charge in [0.25, 0.3) is 0 Å². The molecule has 22 heavy (non-hydrogen) atoms. The zero-order chi connectivity index (χ0) is 15.5. The molecule has 6 nitrogen and oxygen atoms in total. The molecule has 0 aliphatic heterocycles. The molecule has 3 rings (SSSR count). The van der Waals surface area contributed by atoms with E-state index in [0.717, 1.165) is 22.5 Å². The minimum atomic E-state index is 0.158. The summed E-state index contributed by atoms with van der Waals surface area (Å²) < 4.78 is 6.97. The molecule has 0 fully saturated rings. The van der Waals surface area contributed by atoms with E-state index < -0.39 is 0 Å². The number of hydrogen-bond acceptors (Lipinski definition) is 5. The van der Waals surface area contributed by atoms with E-state index in [4.69, 9.17) is 4.74 Å². The largest absolute Gasteiger partial charge is 0.383 e. The minimum Gasteiger partial charge on any atom is -0.383 e. The van der Waals surface area contributed by atoms with E-state index in [1.54, 1.807) is 19.6 Å². The molecule has 0 aliphatic rings. The number of aryl methyl sites for hydroxylation is 1. The van der Waals surface area contributed by atoms with E-state index in [2.05, 4.69) is 39.4 Å². The Bertz CT molecular complexity index is 766. The highest BCUT2D eigenvalue weighted by atomic mass is 16.5. The molecular weight excluding hydrogens is 278 g/mol. The van der Waals surface area contributed by atoms with Crippen LogP contribution in [0.4, 0.5) is 5.82 Å². The first-order chi connectivity index (χ1) is 10.7. The van der Waals surface area contributed by atoms with Crippen molar-refractivity contribution in [2.45, 2.75) is 19.9 Å². The van der Waals surface area contributed by atoms with Gasteiger partial charge in [0.1, 0.15) is 12.1 Å². The van der Waals surface area contributed by atoms with E-state index in [9.17, 15) is 0 Å². The Morgan fingerprint density at radius 1 is 1.23 bits per heavy atom. The van der Waals surface area contributed by atoms with Crippen LogP contribution in [-0.4, -0.2) is 39.5 Å². The molecule has 114 valence electrons. The lowest BCUT2D eigenvalue weighted by molar-refractivity contribution is 0.190. The number of fused-ring (bicyclic) bond motifs is 1. The number of aromatic nitrogens is 4. The molecule has 1 atom stereocenters. The summed E-state index contributed by atoms with van der Waals surface area (Å²) in [4.78, 5) is 8.69. The minimum absolute atomic E-state index is 0.158. The van der Waals surface area contributed by atoms with Crippen molar-refractivity contribution in [3.8, 4) is 5.69 Å². The smallest absolute Gasteiger partial charge is 0.168 e. The molecular formula is C16H19N5O.